The number of amides is 2. The second-order valence-electron chi connectivity index (χ2n) is 6.96. The monoisotopic (exact) mass is 328 g/mol. The average Bonchev–Trinajstić information content (AvgIpc) is 2.52. The van der Waals surface area contributed by atoms with Crippen LogP contribution in [0.2, 0.25) is 0 Å². The minimum absolute atomic E-state index is 0.0470. The molecule has 0 unspecified atom stereocenters. The summed E-state index contributed by atoms with van der Waals surface area (Å²) in [5.41, 5.74) is 0.814. The van der Waals surface area contributed by atoms with Gasteiger partial charge >= 0.3 is 6.09 Å². The second-order valence-corrected chi connectivity index (χ2v) is 6.96. The van der Waals surface area contributed by atoms with Gasteiger partial charge < -0.3 is 15.0 Å². The average molecular weight is 328 g/mol. The Kier molecular flexibility index (Phi) is 5.50. The van der Waals surface area contributed by atoms with Crippen molar-refractivity contribution in [3.63, 3.8) is 0 Å². The highest BCUT2D eigenvalue weighted by molar-refractivity contribution is 5.94. The van der Waals surface area contributed by atoms with Crippen molar-refractivity contribution in [3.05, 3.63) is 35.4 Å². The maximum Gasteiger partial charge on any atom is 0.407 e. The molecule has 0 spiro atoms. The molecule has 2 rings (SSSR count). The van der Waals surface area contributed by atoms with Crippen LogP contribution < -0.4 is 5.32 Å². The van der Waals surface area contributed by atoms with Gasteiger partial charge in [0.25, 0.3) is 5.91 Å². The zero-order valence-corrected chi connectivity index (χ0v) is 14.5. The smallest absolute Gasteiger partial charge is 0.407 e. The van der Waals surface area contributed by atoms with Crippen molar-refractivity contribution in [3.8, 4) is 12.3 Å². The third-order valence-electron chi connectivity index (χ3n) is 3.73. The molecule has 1 saturated heterocycles. The van der Waals surface area contributed by atoms with E-state index in [9.17, 15) is 9.59 Å². The van der Waals surface area contributed by atoms with E-state index in [0.717, 1.165) is 18.4 Å². The molecule has 1 N–H and O–H groups in total. The zero-order valence-electron chi connectivity index (χ0n) is 14.5. The van der Waals surface area contributed by atoms with Crippen LogP contribution in [-0.4, -0.2) is 41.6 Å². The summed E-state index contributed by atoms with van der Waals surface area (Å²) in [6, 6.07) is 6.90. The lowest BCUT2D eigenvalue weighted by molar-refractivity contribution is 0.0452. The lowest BCUT2D eigenvalue weighted by Crippen LogP contribution is -2.50. The lowest BCUT2D eigenvalue weighted by Gasteiger charge is -2.33. The molecule has 24 heavy (non-hydrogen) atoms. The number of likely N-dealkylation sites (tertiary alicyclic amines) is 1. The molecule has 128 valence electrons. The first-order valence-corrected chi connectivity index (χ1v) is 8.14. The maximum absolute atomic E-state index is 12.6. The molecule has 1 aromatic carbocycles. The van der Waals surface area contributed by atoms with Crippen LogP contribution in [0.25, 0.3) is 0 Å². The summed E-state index contributed by atoms with van der Waals surface area (Å²) in [6.07, 6.45) is 6.56. The zero-order chi connectivity index (χ0) is 17.7. The third kappa shape index (κ3) is 5.02. The molecule has 5 heteroatoms. The third-order valence-corrected chi connectivity index (χ3v) is 3.73. The fraction of sp³-hybridized carbons (Fsp3) is 0.474. The summed E-state index contributed by atoms with van der Waals surface area (Å²) in [4.78, 5) is 26.2. The van der Waals surface area contributed by atoms with E-state index >= 15 is 0 Å². The van der Waals surface area contributed by atoms with Gasteiger partial charge in [-0.2, -0.15) is 0 Å². The Morgan fingerprint density at radius 2 is 1.96 bits per heavy atom. The summed E-state index contributed by atoms with van der Waals surface area (Å²) < 4.78 is 5.27. The predicted molar refractivity (Wildman–Crippen MR) is 92.7 cm³/mol. The van der Waals surface area contributed by atoms with Gasteiger partial charge in [0.15, 0.2) is 0 Å². The van der Waals surface area contributed by atoms with Crippen LogP contribution in [0.4, 0.5) is 4.79 Å². The Morgan fingerprint density at radius 3 is 2.54 bits per heavy atom. The van der Waals surface area contributed by atoms with Crippen LogP contribution in [0, 0.1) is 12.3 Å². The number of hydrogen-bond donors (Lipinski definition) is 1. The lowest BCUT2D eigenvalue weighted by atomic mass is 10.0. The number of rotatable bonds is 2. The Morgan fingerprint density at radius 1 is 1.29 bits per heavy atom. The highest BCUT2D eigenvalue weighted by atomic mass is 16.6. The standard InChI is InChI=1S/C19H24N2O3/c1-5-14-8-10-15(11-9-14)17(22)21-12-6-7-16(13-21)20-18(23)24-19(2,3)4/h1,8-11,16H,6-7,12-13H2,2-4H3,(H,20,23)/t16-/m1/s1. The number of alkyl carbamates (subject to hydrolysis) is 1. The van der Waals surface area contributed by atoms with Gasteiger partial charge in [0.1, 0.15) is 5.60 Å². The molecule has 5 nitrogen and oxygen atoms in total. The fourth-order valence-electron chi connectivity index (χ4n) is 2.65. The van der Waals surface area contributed by atoms with Gasteiger partial charge in [0.05, 0.1) is 0 Å². The van der Waals surface area contributed by atoms with Crippen molar-refractivity contribution in [2.75, 3.05) is 13.1 Å². The molecule has 2 amide bonds. The number of terminal acetylenes is 1. The number of nitrogens with zero attached hydrogens (tertiary/aromatic N) is 1. The van der Waals surface area contributed by atoms with Gasteiger partial charge in [-0.1, -0.05) is 5.92 Å². The number of benzene rings is 1. The van der Waals surface area contributed by atoms with E-state index in [1.807, 2.05) is 20.8 Å². The van der Waals surface area contributed by atoms with E-state index in [2.05, 4.69) is 11.2 Å². The number of carbonyl (C=O) groups is 2. The van der Waals surface area contributed by atoms with Crippen molar-refractivity contribution >= 4 is 12.0 Å². The molecule has 1 heterocycles. The van der Waals surface area contributed by atoms with Crippen LogP contribution in [0.3, 0.4) is 0 Å². The molecule has 0 aliphatic carbocycles. The molecule has 1 fully saturated rings. The van der Waals surface area contributed by atoms with Gasteiger partial charge in [-0.05, 0) is 57.9 Å². The van der Waals surface area contributed by atoms with Gasteiger partial charge in [0, 0.05) is 30.3 Å². The van der Waals surface area contributed by atoms with Crippen molar-refractivity contribution in [2.45, 2.75) is 45.3 Å². The Hall–Kier alpha value is -2.48. The summed E-state index contributed by atoms with van der Waals surface area (Å²) in [5, 5.41) is 2.85. The largest absolute Gasteiger partial charge is 0.444 e. The predicted octanol–water partition coefficient (Wildman–Crippen LogP) is 2.80. The fourth-order valence-corrected chi connectivity index (χ4v) is 2.65. The van der Waals surface area contributed by atoms with E-state index in [-0.39, 0.29) is 11.9 Å². The number of ether oxygens (including phenoxy) is 1. The molecule has 1 aliphatic heterocycles. The molecule has 1 atom stereocenters. The van der Waals surface area contributed by atoms with Crippen LogP contribution in [0.1, 0.15) is 49.5 Å². The van der Waals surface area contributed by atoms with E-state index < -0.39 is 11.7 Å². The van der Waals surface area contributed by atoms with Crippen LogP contribution in [0.15, 0.2) is 24.3 Å². The van der Waals surface area contributed by atoms with E-state index in [0.29, 0.717) is 18.7 Å². The molecular weight excluding hydrogens is 304 g/mol. The minimum atomic E-state index is -0.535. The van der Waals surface area contributed by atoms with Gasteiger partial charge in [-0.25, -0.2) is 4.79 Å². The minimum Gasteiger partial charge on any atom is -0.444 e. The first-order chi connectivity index (χ1) is 11.3. The number of hydrogen-bond acceptors (Lipinski definition) is 3. The summed E-state index contributed by atoms with van der Waals surface area (Å²) in [5.74, 6) is 2.49. The van der Waals surface area contributed by atoms with Gasteiger partial charge in [-0.15, -0.1) is 6.42 Å². The van der Waals surface area contributed by atoms with Crippen molar-refractivity contribution in [1.82, 2.24) is 10.2 Å². The molecule has 1 aromatic rings. The van der Waals surface area contributed by atoms with Crippen LogP contribution >= 0.6 is 0 Å². The summed E-state index contributed by atoms with van der Waals surface area (Å²) in [7, 11) is 0. The molecular formula is C19H24N2O3. The molecule has 0 aromatic heterocycles. The van der Waals surface area contributed by atoms with Crippen LogP contribution in [-0.2, 0) is 4.74 Å². The Bertz CT molecular complexity index is 638. The van der Waals surface area contributed by atoms with E-state index in [4.69, 9.17) is 11.2 Å². The second kappa shape index (κ2) is 7.39. The number of carbonyl (C=O) groups excluding carboxylic acids is 2. The molecule has 0 saturated carbocycles. The summed E-state index contributed by atoms with van der Waals surface area (Å²) in [6.45, 7) is 6.63. The van der Waals surface area contributed by atoms with Gasteiger partial charge in [0.2, 0.25) is 0 Å². The van der Waals surface area contributed by atoms with Crippen molar-refractivity contribution < 1.29 is 14.3 Å². The quantitative estimate of drug-likeness (QED) is 0.849. The van der Waals surface area contributed by atoms with Crippen molar-refractivity contribution in [1.29, 1.82) is 0 Å². The first-order valence-electron chi connectivity index (χ1n) is 8.14. The van der Waals surface area contributed by atoms with E-state index in [1.165, 1.54) is 0 Å². The molecule has 0 bridgehead atoms. The molecule has 1 aliphatic rings. The van der Waals surface area contributed by atoms with Crippen LogP contribution in [0.5, 0.6) is 0 Å². The Balaban J connectivity index is 1.95. The molecule has 0 radical (unpaired) electrons. The van der Waals surface area contributed by atoms with E-state index in [1.54, 1.807) is 29.2 Å². The highest BCUT2D eigenvalue weighted by Gasteiger charge is 2.27. The Labute approximate surface area is 143 Å². The van der Waals surface area contributed by atoms with Crippen molar-refractivity contribution in [2.24, 2.45) is 0 Å². The maximum atomic E-state index is 12.6. The number of nitrogens with one attached hydrogen (secondary N) is 1. The summed E-state index contributed by atoms with van der Waals surface area (Å²) >= 11 is 0. The van der Waals surface area contributed by atoms with Gasteiger partial charge in [-0.3, -0.25) is 4.79 Å². The highest BCUT2D eigenvalue weighted by Crippen LogP contribution is 2.15. The SMILES string of the molecule is C#Cc1ccc(C(=O)N2CCC[C@@H](NC(=O)OC(C)(C)C)C2)cc1. The number of piperidine rings is 1. The normalized spacial score (nSPS) is 17.8. The topological polar surface area (TPSA) is 58.6 Å². The first kappa shape index (κ1) is 17.9.